The van der Waals surface area contributed by atoms with Gasteiger partial charge in [-0.05, 0) is 24.8 Å². The molecule has 0 spiro atoms. The zero-order valence-electron chi connectivity index (χ0n) is 8.28. The van der Waals surface area contributed by atoms with Crippen LogP contribution in [0.1, 0.15) is 43.6 Å². The van der Waals surface area contributed by atoms with Gasteiger partial charge < -0.3 is 4.89 Å². The second-order valence-corrected chi connectivity index (χ2v) is 3.96. The van der Waals surface area contributed by atoms with Crippen molar-refractivity contribution in [3.05, 3.63) is 29.8 Å². The summed E-state index contributed by atoms with van der Waals surface area (Å²) in [5.41, 5.74) is 1.16. The average Bonchev–Trinajstić information content (AvgIpc) is 2.30. The molecule has 1 aliphatic rings. The van der Waals surface area contributed by atoms with Crippen molar-refractivity contribution >= 4 is 0 Å². The van der Waals surface area contributed by atoms with E-state index in [1.165, 1.54) is 32.1 Å². The summed E-state index contributed by atoms with van der Waals surface area (Å²) in [4.78, 5) is 4.40. The molecule has 1 aromatic carbocycles. The maximum absolute atomic E-state index is 8.75. The van der Waals surface area contributed by atoms with Crippen LogP contribution in [0.15, 0.2) is 24.3 Å². The van der Waals surface area contributed by atoms with Crippen molar-refractivity contribution in [3.8, 4) is 5.75 Å². The maximum atomic E-state index is 8.75. The fourth-order valence-electron chi connectivity index (χ4n) is 2.31. The topological polar surface area (TPSA) is 29.5 Å². The Morgan fingerprint density at radius 3 is 2.50 bits per heavy atom. The Balaban J connectivity index is 2.20. The number of rotatable bonds is 2. The quantitative estimate of drug-likeness (QED) is 0.573. The van der Waals surface area contributed by atoms with E-state index in [2.05, 4.69) is 11.0 Å². The van der Waals surface area contributed by atoms with E-state index >= 15 is 0 Å². The maximum Gasteiger partial charge on any atom is 0.168 e. The third-order valence-electron chi connectivity index (χ3n) is 3.06. The van der Waals surface area contributed by atoms with Gasteiger partial charge in [0, 0.05) is 5.56 Å². The first-order chi connectivity index (χ1) is 6.92. The first-order valence-electron chi connectivity index (χ1n) is 5.32. The molecule has 0 aliphatic heterocycles. The van der Waals surface area contributed by atoms with Gasteiger partial charge in [-0.1, -0.05) is 37.5 Å². The molecule has 1 N–H and O–H groups in total. The van der Waals surface area contributed by atoms with E-state index in [4.69, 9.17) is 5.26 Å². The number of para-hydroxylation sites is 1. The normalized spacial score (nSPS) is 18.1. The van der Waals surface area contributed by atoms with Gasteiger partial charge in [0.25, 0.3) is 0 Å². The van der Waals surface area contributed by atoms with E-state index in [0.717, 1.165) is 5.56 Å². The molecule has 1 aliphatic carbocycles. The highest BCUT2D eigenvalue weighted by Gasteiger charge is 2.18. The monoisotopic (exact) mass is 192 g/mol. The zero-order chi connectivity index (χ0) is 9.80. The molecule has 14 heavy (non-hydrogen) atoms. The Labute approximate surface area is 84.5 Å². The van der Waals surface area contributed by atoms with Gasteiger partial charge in [-0.15, -0.1) is 0 Å². The molecule has 0 unspecified atom stereocenters. The molecule has 1 saturated carbocycles. The SMILES string of the molecule is OOc1ccccc1C1CCCCC1. The van der Waals surface area contributed by atoms with Crippen LogP contribution in [0, 0.1) is 0 Å². The van der Waals surface area contributed by atoms with E-state index in [9.17, 15) is 0 Å². The van der Waals surface area contributed by atoms with E-state index < -0.39 is 0 Å². The lowest BCUT2D eigenvalue weighted by Gasteiger charge is -2.22. The minimum atomic E-state index is 0.576. The molecule has 0 aromatic heterocycles. The summed E-state index contributed by atoms with van der Waals surface area (Å²) in [5, 5.41) is 8.75. The number of benzene rings is 1. The van der Waals surface area contributed by atoms with Crippen molar-refractivity contribution in [3.63, 3.8) is 0 Å². The molecule has 2 rings (SSSR count). The van der Waals surface area contributed by atoms with Crippen LogP contribution in [-0.2, 0) is 0 Å². The van der Waals surface area contributed by atoms with E-state index in [0.29, 0.717) is 11.7 Å². The lowest BCUT2D eigenvalue weighted by molar-refractivity contribution is -0.138. The van der Waals surface area contributed by atoms with Crippen LogP contribution < -0.4 is 4.89 Å². The minimum Gasteiger partial charge on any atom is -0.340 e. The van der Waals surface area contributed by atoms with Crippen molar-refractivity contribution in [1.29, 1.82) is 0 Å². The summed E-state index contributed by atoms with van der Waals surface area (Å²) in [7, 11) is 0. The third kappa shape index (κ3) is 1.90. The van der Waals surface area contributed by atoms with Gasteiger partial charge in [-0.2, -0.15) is 0 Å². The van der Waals surface area contributed by atoms with Crippen molar-refractivity contribution in [2.45, 2.75) is 38.0 Å². The molecule has 76 valence electrons. The summed E-state index contributed by atoms with van der Waals surface area (Å²) < 4.78 is 0. The van der Waals surface area contributed by atoms with Crippen LogP contribution in [0.3, 0.4) is 0 Å². The van der Waals surface area contributed by atoms with Crippen molar-refractivity contribution in [2.24, 2.45) is 0 Å². The highest BCUT2D eigenvalue weighted by molar-refractivity contribution is 5.35. The second-order valence-electron chi connectivity index (χ2n) is 3.96. The molecular formula is C12H16O2. The van der Waals surface area contributed by atoms with Gasteiger partial charge in [0.2, 0.25) is 0 Å². The van der Waals surface area contributed by atoms with Gasteiger partial charge in [-0.3, -0.25) is 0 Å². The molecule has 2 nitrogen and oxygen atoms in total. The second kappa shape index (κ2) is 4.47. The summed E-state index contributed by atoms with van der Waals surface area (Å²) in [6.07, 6.45) is 6.38. The van der Waals surface area contributed by atoms with E-state index in [-0.39, 0.29) is 0 Å². The van der Waals surface area contributed by atoms with Gasteiger partial charge >= 0.3 is 0 Å². The molecule has 2 heteroatoms. The zero-order valence-corrected chi connectivity index (χ0v) is 8.28. The van der Waals surface area contributed by atoms with E-state index in [1.807, 2.05) is 18.2 Å². The minimum absolute atomic E-state index is 0.576. The summed E-state index contributed by atoms with van der Waals surface area (Å²) in [6.45, 7) is 0. The van der Waals surface area contributed by atoms with Gasteiger partial charge in [-0.25, -0.2) is 5.26 Å². The van der Waals surface area contributed by atoms with Crippen molar-refractivity contribution in [1.82, 2.24) is 0 Å². The Kier molecular flexibility index (Phi) is 3.04. The third-order valence-corrected chi connectivity index (χ3v) is 3.06. The predicted octanol–water partition coefficient (Wildman–Crippen LogP) is 3.59. The van der Waals surface area contributed by atoms with Crippen LogP contribution in [0.4, 0.5) is 0 Å². The summed E-state index contributed by atoms with van der Waals surface area (Å²) >= 11 is 0. The fourth-order valence-corrected chi connectivity index (χ4v) is 2.31. The van der Waals surface area contributed by atoms with Gasteiger partial charge in [0.15, 0.2) is 5.75 Å². The van der Waals surface area contributed by atoms with Crippen molar-refractivity contribution in [2.75, 3.05) is 0 Å². The first-order valence-corrected chi connectivity index (χ1v) is 5.32. The highest BCUT2D eigenvalue weighted by atomic mass is 17.1. The average molecular weight is 192 g/mol. The van der Waals surface area contributed by atoms with Crippen molar-refractivity contribution < 1.29 is 10.1 Å². The molecule has 0 bridgehead atoms. The summed E-state index contributed by atoms with van der Waals surface area (Å²) in [6, 6.07) is 7.77. The molecule has 1 aromatic rings. The Morgan fingerprint density at radius 1 is 1.07 bits per heavy atom. The lowest BCUT2D eigenvalue weighted by Crippen LogP contribution is -2.06. The molecule has 1 fully saturated rings. The smallest absolute Gasteiger partial charge is 0.168 e. The van der Waals surface area contributed by atoms with Gasteiger partial charge in [0.05, 0.1) is 0 Å². The van der Waals surface area contributed by atoms with Crippen LogP contribution in [0.5, 0.6) is 5.75 Å². The van der Waals surface area contributed by atoms with Crippen LogP contribution in [0.25, 0.3) is 0 Å². The predicted molar refractivity (Wildman–Crippen MR) is 55.5 cm³/mol. The van der Waals surface area contributed by atoms with Crippen LogP contribution >= 0.6 is 0 Å². The molecule has 0 amide bonds. The van der Waals surface area contributed by atoms with Crippen LogP contribution in [0.2, 0.25) is 0 Å². The number of hydrogen-bond acceptors (Lipinski definition) is 2. The molecule has 0 atom stereocenters. The Hall–Kier alpha value is -1.02. The van der Waals surface area contributed by atoms with Crippen LogP contribution in [-0.4, -0.2) is 5.26 Å². The first kappa shape index (κ1) is 9.53. The Bertz CT molecular complexity index is 290. The molecular weight excluding hydrogens is 176 g/mol. The fraction of sp³-hybridized carbons (Fsp3) is 0.500. The van der Waals surface area contributed by atoms with E-state index in [1.54, 1.807) is 0 Å². The Morgan fingerprint density at radius 2 is 1.79 bits per heavy atom. The standard InChI is InChI=1S/C12H16O2/c13-14-12-9-5-4-8-11(12)10-6-2-1-3-7-10/h4-5,8-10,13H,1-3,6-7H2. The molecule has 0 saturated heterocycles. The largest absolute Gasteiger partial charge is 0.340 e. The lowest BCUT2D eigenvalue weighted by atomic mass is 9.84. The molecule has 0 radical (unpaired) electrons. The molecule has 0 heterocycles. The van der Waals surface area contributed by atoms with Gasteiger partial charge in [0.1, 0.15) is 0 Å². The number of hydrogen-bond donors (Lipinski definition) is 1. The highest BCUT2D eigenvalue weighted by Crippen LogP contribution is 2.36. The summed E-state index contributed by atoms with van der Waals surface area (Å²) in [5.74, 6) is 1.20.